The standard InChI is InChI=1S/C11H17N3O/c1-14(10-3-2-4-13-5-10)7-11(6-12)8-15-9-11/h2-5H,6-9,12H2,1H3. The highest BCUT2D eigenvalue weighted by atomic mass is 16.5. The highest BCUT2D eigenvalue weighted by Crippen LogP contribution is 2.28. The third kappa shape index (κ3) is 2.11. The van der Waals surface area contributed by atoms with Gasteiger partial charge in [-0.05, 0) is 12.1 Å². The monoisotopic (exact) mass is 207 g/mol. The van der Waals surface area contributed by atoms with Gasteiger partial charge in [-0.3, -0.25) is 4.98 Å². The second kappa shape index (κ2) is 4.16. The Balaban J connectivity index is 2.00. The van der Waals surface area contributed by atoms with Crippen LogP contribution in [0.25, 0.3) is 0 Å². The molecule has 1 aliphatic heterocycles. The zero-order chi connectivity index (χ0) is 10.7. The lowest BCUT2D eigenvalue weighted by Gasteiger charge is -2.43. The fraction of sp³-hybridized carbons (Fsp3) is 0.545. The van der Waals surface area contributed by atoms with Crippen LogP contribution in [0.5, 0.6) is 0 Å². The van der Waals surface area contributed by atoms with Crippen molar-refractivity contribution in [1.82, 2.24) is 4.98 Å². The number of nitrogens with two attached hydrogens (primary N) is 1. The summed E-state index contributed by atoms with van der Waals surface area (Å²) in [5, 5.41) is 0. The second-order valence-electron chi connectivity index (χ2n) is 4.26. The highest BCUT2D eigenvalue weighted by molar-refractivity contribution is 5.43. The third-order valence-corrected chi connectivity index (χ3v) is 2.91. The molecular formula is C11H17N3O. The maximum absolute atomic E-state index is 5.77. The van der Waals surface area contributed by atoms with E-state index in [1.54, 1.807) is 6.20 Å². The van der Waals surface area contributed by atoms with Crippen molar-refractivity contribution in [1.29, 1.82) is 0 Å². The Kier molecular flexibility index (Phi) is 2.88. The lowest BCUT2D eigenvalue weighted by molar-refractivity contribution is -0.101. The second-order valence-corrected chi connectivity index (χ2v) is 4.26. The molecule has 0 radical (unpaired) electrons. The topological polar surface area (TPSA) is 51.4 Å². The van der Waals surface area contributed by atoms with E-state index in [1.807, 2.05) is 12.3 Å². The van der Waals surface area contributed by atoms with E-state index in [0.29, 0.717) is 6.54 Å². The number of ether oxygens (including phenoxy) is 1. The molecular weight excluding hydrogens is 190 g/mol. The molecule has 1 aromatic rings. The average molecular weight is 207 g/mol. The molecule has 0 saturated carbocycles. The lowest BCUT2D eigenvalue weighted by atomic mass is 9.85. The number of nitrogens with zero attached hydrogens (tertiary/aromatic N) is 2. The van der Waals surface area contributed by atoms with Gasteiger partial charge in [0.1, 0.15) is 0 Å². The quantitative estimate of drug-likeness (QED) is 0.781. The normalized spacial score (nSPS) is 18.3. The molecule has 4 heteroatoms. The third-order valence-electron chi connectivity index (χ3n) is 2.91. The first-order valence-corrected chi connectivity index (χ1v) is 5.15. The molecule has 2 rings (SSSR count). The Bertz CT molecular complexity index is 305. The summed E-state index contributed by atoms with van der Waals surface area (Å²) < 4.78 is 5.24. The molecule has 1 aromatic heterocycles. The van der Waals surface area contributed by atoms with E-state index >= 15 is 0 Å². The minimum atomic E-state index is 0.143. The molecule has 2 heterocycles. The molecule has 0 unspecified atom stereocenters. The molecule has 0 atom stereocenters. The van der Waals surface area contributed by atoms with Crippen molar-refractivity contribution < 1.29 is 4.74 Å². The molecule has 0 aliphatic carbocycles. The number of rotatable bonds is 4. The molecule has 82 valence electrons. The summed E-state index contributed by atoms with van der Waals surface area (Å²) in [7, 11) is 2.06. The Morgan fingerprint density at radius 3 is 2.87 bits per heavy atom. The first kappa shape index (κ1) is 10.4. The molecule has 0 aromatic carbocycles. The predicted molar refractivity (Wildman–Crippen MR) is 59.8 cm³/mol. The van der Waals surface area contributed by atoms with E-state index in [-0.39, 0.29) is 5.41 Å². The molecule has 2 N–H and O–H groups in total. The minimum Gasteiger partial charge on any atom is -0.380 e. The summed E-state index contributed by atoms with van der Waals surface area (Å²) in [5.74, 6) is 0. The number of pyridine rings is 1. The Labute approximate surface area is 90.0 Å². The maximum Gasteiger partial charge on any atom is 0.0574 e. The molecule has 4 nitrogen and oxygen atoms in total. The van der Waals surface area contributed by atoms with Gasteiger partial charge >= 0.3 is 0 Å². The van der Waals surface area contributed by atoms with Crippen molar-refractivity contribution in [3.8, 4) is 0 Å². The van der Waals surface area contributed by atoms with Gasteiger partial charge in [0.05, 0.1) is 25.1 Å². The van der Waals surface area contributed by atoms with Crippen molar-refractivity contribution in [2.45, 2.75) is 0 Å². The van der Waals surface area contributed by atoms with Crippen LogP contribution in [-0.4, -0.2) is 38.3 Å². The van der Waals surface area contributed by atoms with Crippen LogP contribution in [-0.2, 0) is 4.74 Å². The number of hydrogen-bond acceptors (Lipinski definition) is 4. The molecule has 1 saturated heterocycles. The van der Waals surface area contributed by atoms with E-state index < -0.39 is 0 Å². The van der Waals surface area contributed by atoms with E-state index in [9.17, 15) is 0 Å². The van der Waals surface area contributed by atoms with E-state index in [2.05, 4.69) is 23.0 Å². The maximum atomic E-state index is 5.77. The van der Waals surface area contributed by atoms with Gasteiger partial charge in [0.25, 0.3) is 0 Å². The number of aromatic nitrogens is 1. The van der Waals surface area contributed by atoms with Gasteiger partial charge in [-0.1, -0.05) is 0 Å². The van der Waals surface area contributed by atoms with Gasteiger partial charge in [0.2, 0.25) is 0 Å². The Morgan fingerprint density at radius 1 is 1.60 bits per heavy atom. The lowest BCUT2D eigenvalue weighted by Crippen LogP contribution is -2.54. The summed E-state index contributed by atoms with van der Waals surface area (Å²) >= 11 is 0. The van der Waals surface area contributed by atoms with Crippen LogP contribution >= 0.6 is 0 Å². The summed E-state index contributed by atoms with van der Waals surface area (Å²) in [6.07, 6.45) is 3.65. The van der Waals surface area contributed by atoms with Crippen molar-refractivity contribution in [2.24, 2.45) is 11.1 Å². The zero-order valence-electron chi connectivity index (χ0n) is 9.02. The fourth-order valence-corrected chi connectivity index (χ4v) is 1.84. The van der Waals surface area contributed by atoms with Crippen LogP contribution in [0.4, 0.5) is 5.69 Å². The smallest absolute Gasteiger partial charge is 0.0574 e. The molecule has 1 fully saturated rings. The van der Waals surface area contributed by atoms with Gasteiger partial charge in [-0.2, -0.15) is 0 Å². The largest absolute Gasteiger partial charge is 0.380 e. The number of hydrogen-bond donors (Lipinski definition) is 1. The van der Waals surface area contributed by atoms with Crippen LogP contribution < -0.4 is 10.6 Å². The first-order chi connectivity index (χ1) is 7.26. The molecule has 0 spiro atoms. The van der Waals surface area contributed by atoms with E-state index in [4.69, 9.17) is 10.5 Å². The van der Waals surface area contributed by atoms with Crippen molar-refractivity contribution in [3.63, 3.8) is 0 Å². The molecule has 0 amide bonds. The van der Waals surface area contributed by atoms with Crippen LogP contribution in [0, 0.1) is 5.41 Å². The summed E-state index contributed by atoms with van der Waals surface area (Å²) in [5.41, 5.74) is 7.04. The van der Waals surface area contributed by atoms with Crippen molar-refractivity contribution in [2.75, 3.05) is 38.3 Å². The van der Waals surface area contributed by atoms with Crippen LogP contribution in [0.3, 0.4) is 0 Å². The van der Waals surface area contributed by atoms with Gasteiger partial charge < -0.3 is 15.4 Å². The van der Waals surface area contributed by atoms with Gasteiger partial charge in [0, 0.05) is 31.7 Å². The van der Waals surface area contributed by atoms with Crippen molar-refractivity contribution in [3.05, 3.63) is 24.5 Å². The van der Waals surface area contributed by atoms with Gasteiger partial charge in [-0.25, -0.2) is 0 Å². The molecule has 1 aliphatic rings. The minimum absolute atomic E-state index is 0.143. The number of anilines is 1. The summed E-state index contributed by atoms with van der Waals surface area (Å²) in [6, 6.07) is 4.00. The molecule has 15 heavy (non-hydrogen) atoms. The SMILES string of the molecule is CN(CC1(CN)COC1)c1cccnc1. The summed E-state index contributed by atoms with van der Waals surface area (Å²) in [6.45, 7) is 3.15. The van der Waals surface area contributed by atoms with Gasteiger partial charge in [-0.15, -0.1) is 0 Å². The van der Waals surface area contributed by atoms with E-state index in [0.717, 1.165) is 25.4 Å². The molecule has 0 bridgehead atoms. The average Bonchev–Trinajstić information content (AvgIpc) is 2.24. The summed E-state index contributed by atoms with van der Waals surface area (Å²) in [4.78, 5) is 6.28. The predicted octanol–water partition coefficient (Wildman–Crippen LogP) is 0.493. The van der Waals surface area contributed by atoms with Crippen molar-refractivity contribution >= 4 is 5.69 Å². The fourth-order valence-electron chi connectivity index (χ4n) is 1.84. The first-order valence-electron chi connectivity index (χ1n) is 5.15. The Morgan fingerprint density at radius 2 is 2.40 bits per heavy atom. The highest BCUT2D eigenvalue weighted by Gasteiger charge is 2.38. The van der Waals surface area contributed by atoms with Crippen LogP contribution in [0.15, 0.2) is 24.5 Å². The van der Waals surface area contributed by atoms with E-state index in [1.165, 1.54) is 0 Å². The van der Waals surface area contributed by atoms with Crippen LogP contribution in [0.1, 0.15) is 0 Å². The van der Waals surface area contributed by atoms with Gasteiger partial charge in [0.15, 0.2) is 0 Å². The zero-order valence-corrected chi connectivity index (χ0v) is 9.02. The Hall–Kier alpha value is -1.13. The van der Waals surface area contributed by atoms with Crippen LogP contribution in [0.2, 0.25) is 0 Å².